The minimum atomic E-state index is -0.511. The maximum absolute atomic E-state index is 12.6. The Hall–Kier alpha value is -5.57. The van der Waals surface area contributed by atoms with Crippen molar-refractivity contribution in [2.45, 2.75) is 27.4 Å². The molecule has 2 heterocycles. The first-order chi connectivity index (χ1) is 20.9. The number of furan rings is 1. The number of carbonyl (C=O) groups is 2. The van der Waals surface area contributed by atoms with Crippen LogP contribution in [0.25, 0.3) is 5.69 Å². The van der Waals surface area contributed by atoms with Gasteiger partial charge in [-0.25, -0.2) is 10.2 Å². The first-order valence-corrected chi connectivity index (χ1v) is 13.8. The van der Waals surface area contributed by atoms with Crippen molar-refractivity contribution in [2.75, 3.05) is 6.61 Å². The van der Waals surface area contributed by atoms with E-state index < -0.39 is 11.9 Å². The van der Waals surface area contributed by atoms with E-state index in [0.717, 1.165) is 17.1 Å². The lowest BCUT2D eigenvalue weighted by atomic mass is 10.2. The van der Waals surface area contributed by atoms with Gasteiger partial charge >= 0.3 is 11.9 Å². The van der Waals surface area contributed by atoms with Gasteiger partial charge in [-0.15, -0.1) is 0 Å². The van der Waals surface area contributed by atoms with Gasteiger partial charge in [0.15, 0.2) is 17.3 Å². The molecular formula is C34H31N3O6. The van der Waals surface area contributed by atoms with Gasteiger partial charge in [-0.05, 0) is 105 Å². The molecule has 0 aliphatic heterocycles. The Bertz CT molecular complexity index is 1720. The summed E-state index contributed by atoms with van der Waals surface area (Å²) in [5, 5.41) is 4.02. The summed E-state index contributed by atoms with van der Waals surface area (Å²) in [7, 11) is 0. The summed E-state index contributed by atoms with van der Waals surface area (Å²) in [4.78, 5) is 25.0. The SMILES string of the molecule is CCOc1cc(/C=N/NC(=O)c2ccc(COc3ccc(-n4c(C)ccc4C)cc3)o2)ccc1OC(=O)c1ccccc1. The molecule has 0 atom stereocenters. The molecule has 9 heteroatoms. The number of nitrogens with zero attached hydrogens (tertiary/aromatic N) is 2. The van der Waals surface area contributed by atoms with E-state index in [0.29, 0.717) is 35.0 Å². The summed E-state index contributed by atoms with van der Waals surface area (Å²) in [6.07, 6.45) is 1.45. The molecule has 0 radical (unpaired) electrons. The lowest BCUT2D eigenvalue weighted by Crippen LogP contribution is -2.16. The maximum Gasteiger partial charge on any atom is 0.343 e. The summed E-state index contributed by atoms with van der Waals surface area (Å²) >= 11 is 0. The van der Waals surface area contributed by atoms with Crippen LogP contribution in [0.3, 0.4) is 0 Å². The highest BCUT2D eigenvalue weighted by Gasteiger charge is 2.14. The van der Waals surface area contributed by atoms with Gasteiger partial charge in [0.2, 0.25) is 0 Å². The second kappa shape index (κ2) is 13.4. The van der Waals surface area contributed by atoms with Gasteiger partial charge in [-0.3, -0.25) is 4.79 Å². The number of hydrogen-bond acceptors (Lipinski definition) is 7. The fraction of sp³-hybridized carbons (Fsp3) is 0.147. The average molecular weight is 578 g/mol. The molecule has 0 bridgehead atoms. The Labute approximate surface area is 249 Å². The van der Waals surface area contributed by atoms with Crippen molar-refractivity contribution in [1.82, 2.24) is 9.99 Å². The van der Waals surface area contributed by atoms with Crippen molar-refractivity contribution < 1.29 is 28.2 Å². The number of aryl methyl sites for hydroxylation is 2. The van der Waals surface area contributed by atoms with Gasteiger partial charge in [0, 0.05) is 17.1 Å². The van der Waals surface area contributed by atoms with Crippen LogP contribution in [0.1, 0.15) is 50.5 Å². The van der Waals surface area contributed by atoms with E-state index in [1.807, 2.05) is 37.3 Å². The largest absolute Gasteiger partial charge is 0.490 e. The number of hydrazone groups is 1. The number of nitrogens with one attached hydrogen (secondary N) is 1. The Kier molecular flexibility index (Phi) is 9.02. The van der Waals surface area contributed by atoms with Crippen molar-refractivity contribution in [2.24, 2.45) is 5.10 Å². The first-order valence-electron chi connectivity index (χ1n) is 13.8. The third-order valence-corrected chi connectivity index (χ3v) is 6.49. The van der Waals surface area contributed by atoms with E-state index in [4.69, 9.17) is 18.6 Å². The van der Waals surface area contributed by atoms with Crippen molar-refractivity contribution in [3.8, 4) is 22.9 Å². The van der Waals surface area contributed by atoms with Crippen LogP contribution in [0.5, 0.6) is 17.2 Å². The standard InChI is InChI=1S/C34H31N3O6/c1-4-40-32-20-25(12-18-30(32)43-34(39)26-8-6-5-7-9-26)21-35-36-33(38)31-19-17-29(42-31)22-41-28-15-13-27(14-16-28)37-23(2)10-11-24(37)3/h5-21H,4,22H2,1-3H3,(H,36,38)/b35-21+. The molecule has 5 rings (SSSR count). The molecule has 43 heavy (non-hydrogen) atoms. The smallest absolute Gasteiger partial charge is 0.343 e. The van der Waals surface area contributed by atoms with E-state index in [1.165, 1.54) is 6.21 Å². The molecule has 0 fully saturated rings. The van der Waals surface area contributed by atoms with Crippen molar-refractivity contribution in [3.05, 3.63) is 131 Å². The summed E-state index contributed by atoms with van der Waals surface area (Å²) < 4.78 is 24.8. The zero-order valence-corrected chi connectivity index (χ0v) is 24.1. The zero-order chi connectivity index (χ0) is 30.2. The van der Waals surface area contributed by atoms with Gasteiger partial charge in [-0.2, -0.15) is 5.10 Å². The van der Waals surface area contributed by atoms with Crippen LogP contribution in [0.4, 0.5) is 0 Å². The second-order valence-corrected chi connectivity index (χ2v) is 9.59. The Morgan fingerprint density at radius 1 is 0.860 bits per heavy atom. The second-order valence-electron chi connectivity index (χ2n) is 9.59. The van der Waals surface area contributed by atoms with Crippen molar-refractivity contribution >= 4 is 18.1 Å². The minimum absolute atomic E-state index is 0.0998. The molecule has 2 aromatic heterocycles. The molecule has 0 saturated carbocycles. The molecular weight excluding hydrogens is 546 g/mol. The van der Waals surface area contributed by atoms with Crippen LogP contribution < -0.4 is 19.6 Å². The third-order valence-electron chi connectivity index (χ3n) is 6.49. The summed E-state index contributed by atoms with van der Waals surface area (Å²) in [6, 6.07) is 28.9. The molecule has 0 unspecified atom stereocenters. The fourth-order valence-electron chi connectivity index (χ4n) is 4.41. The van der Waals surface area contributed by atoms with Crippen LogP contribution in [-0.4, -0.2) is 29.3 Å². The molecule has 218 valence electrons. The lowest BCUT2D eigenvalue weighted by Gasteiger charge is -2.11. The molecule has 1 N–H and O–H groups in total. The van der Waals surface area contributed by atoms with Gasteiger partial charge in [0.05, 0.1) is 18.4 Å². The van der Waals surface area contributed by atoms with Gasteiger partial charge < -0.3 is 23.2 Å². The normalized spacial score (nSPS) is 11.0. The summed E-state index contributed by atoms with van der Waals surface area (Å²) in [5.41, 5.74) is 6.88. The number of carbonyl (C=O) groups excluding carboxylic acids is 2. The molecule has 0 aliphatic carbocycles. The molecule has 9 nitrogen and oxygen atoms in total. The molecule has 0 aliphatic rings. The van der Waals surface area contributed by atoms with Crippen LogP contribution >= 0.6 is 0 Å². The van der Waals surface area contributed by atoms with Crippen molar-refractivity contribution in [3.63, 3.8) is 0 Å². The quantitative estimate of drug-likeness (QED) is 0.0816. The number of ether oxygens (including phenoxy) is 3. The van der Waals surface area contributed by atoms with Crippen LogP contribution in [-0.2, 0) is 6.61 Å². The molecule has 5 aromatic rings. The number of hydrogen-bond donors (Lipinski definition) is 1. The van der Waals surface area contributed by atoms with E-state index in [2.05, 4.69) is 41.1 Å². The van der Waals surface area contributed by atoms with E-state index in [-0.39, 0.29) is 18.1 Å². The Balaban J connectivity index is 1.15. The summed E-state index contributed by atoms with van der Waals surface area (Å²) in [6.45, 7) is 6.50. The first kappa shape index (κ1) is 28.9. The number of benzene rings is 3. The Morgan fingerprint density at radius 3 is 2.33 bits per heavy atom. The number of aromatic nitrogens is 1. The molecule has 3 aromatic carbocycles. The molecule has 0 spiro atoms. The van der Waals surface area contributed by atoms with E-state index >= 15 is 0 Å². The van der Waals surface area contributed by atoms with Crippen LogP contribution in [0.2, 0.25) is 0 Å². The highest BCUT2D eigenvalue weighted by atomic mass is 16.6. The maximum atomic E-state index is 12.6. The number of amides is 1. The average Bonchev–Trinajstić information content (AvgIpc) is 3.64. The molecule has 0 saturated heterocycles. The fourth-order valence-corrected chi connectivity index (χ4v) is 4.41. The number of esters is 1. The molecule has 1 amide bonds. The number of rotatable bonds is 11. The predicted molar refractivity (Wildman–Crippen MR) is 162 cm³/mol. The van der Waals surface area contributed by atoms with Gasteiger partial charge in [-0.1, -0.05) is 18.2 Å². The monoisotopic (exact) mass is 577 g/mol. The summed E-state index contributed by atoms with van der Waals surface area (Å²) in [5.74, 6) is 0.939. The topological polar surface area (TPSA) is 104 Å². The van der Waals surface area contributed by atoms with Crippen molar-refractivity contribution in [1.29, 1.82) is 0 Å². The highest BCUT2D eigenvalue weighted by molar-refractivity contribution is 5.93. The Morgan fingerprint density at radius 2 is 1.60 bits per heavy atom. The van der Waals surface area contributed by atoms with Gasteiger partial charge in [0.1, 0.15) is 18.1 Å². The third kappa shape index (κ3) is 7.20. The lowest BCUT2D eigenvalue weighted by molar-refractivity contribution is 0.0728. The van der Waals surface area contributed by atoms with Gasteiger partial charge in [0.25, 0.3) is 0 Å². The van der Waals surface area contributed by atoms with Crippen LogP contribution in [0, 0.1) is 13.8 Å². The zero-order valence-electron chi connectivity index (χ0n) is 24.1. The minimum Gasteiger partial charge on any atom is -0.490 e. The van der Waals surface area contributed by atoms with E-state index in [9.17, 15) is 9.59 Å². The highest BCUT2D eigenvalue weighted by Crippen LogP contribution is 2.29. The van der Waals surface area contributed by atoms with E-state index in [1.54, 1.807) is 54.6 Å². The van der Waals surface area contributed by atoms with Crippen LogP contribution in [0.15, 0.2) is 107 Å². The predicted octanol–water partition coefficient (Wildman–Crippen LogP) is 6.65.